The minimum atomic E-state index is -4.22. The Balaban J connectivity index is 2.65. The molecule has 0 radical (unpaired) electrons. The quantitative estimate of drug-likeness (QED) is 0.831. The lowest BCUT2D eigenvalue weighted by atomic mass is 10.4. The topological polar surface area (TPSA) is 47.0 Å². The molecular weight excluding hydrogens is 259 g/mol. The zero-order valence-electron chi connectivity index (χ0n) is 11.0. The molecule has 4 nitrogen and oxygen atoms in total. The molecule has 1 N–H and O–H groups in total. The molecule has 0 aliphatic carbocycles. The average molecular weight is 277 g/mol. The van der Waals surface area contributed by atoms with Gasteiger partial charge in [-0.15, -0.1) is 0 Å². The van der Waals surface area contributed by atoms with Crippen LogP contribution in [0.1, 0.15) is 32.5 Å². The summed E-state index contributed by atoms with van der Waals surface area (Å²) >= 11 is 0. The van der Waals surface area contributed by atoms with Crippen LogP contribution in [0.25, 0.3) is 0 Å². The van der Waals surface area contributed by atoms with Crippen LogP contribution in [0.5, 0.6) is 5.88 Å². The highest BCUT2D eigenvalue weighted by Gasteiger charge is 2.27. The van der Waals surface area contributed by atoms with E-state index < -0.39 is 19.2 Å². The summed E-state index contributed by atoms with van der Waals surface area (Å²) in [4.78, 5) is 8.26. The first-order valence-electron chi connectivity index (χ1n) is 6.26. The van der Waals surface area contributed by atoms with E-state index in [1.54, 1.807) is 0 Å². The van der Waals surface area contributed by atoms with Crippen molar-refractivity contribution < 1.29 is 17.9 Å². The van der Waals surface area contributed by atoms with Crippen molar-refractivity contribution >= 4 is 5.82 Å². The Morgan fingerprint density at radius 1 is 1.26 bits per heavy atom. The first-order chi connectivity index (χ1) is 8.94. The second-order valence-electron chi connectivity index (χ2n) is 4.00. The van der Waals surface area contributed by atoms with Crippen LogP contribution >= 0.6 is 0 Å². The standard InChI is InChI=1S/C12H18F3N3O/c1-3-6-16-10-8-11(18-9(4-2)17-10)19-7-5-12(13,14)15/h8H,3-7H2,1-2H3,(H,16,17,18). The number of nitrogens with zero attached hydrogens (tertiary/aromatic N) is 2. The third-order valence-electron chi connectivity index (χ3n) is 2.26. The molecule has 1 aromatic rings. The molecule has 19 heavy (non-hydrogen) atoms. The zero-order valence-corrected chi connectivity index (χ0v) is 11.0. The van der Waals surface area contributed by atoms with Gasteiger partial charge in [-0.2, -0.15) is 18.2 Å². The molecule has 0 fully saturated rings. The number of nitrogens with one attached hydrogen (secondary N) is 1. The summed E-state index contributed by atoms with van der Waals surface area (Å²) in [7, 11) is 0. The van der Waals surface area contributed by atoms with E-state index in [4.69, 9.17) is 4.74 Å². The normalized spacial score (nSPS) is 11.4. The fourth-order valence-electron chi connectivity index (χ4n) is 1.32. The van der Waals surface area contributed by atoms with Gasteiger partial charge in [0.05, 0.1) is 13.0 Å². The van der Waals surface area contributed by atoms with Gasteiger partial charge in [-0.1, -0.05) is 13.8 Å². The Morgan fingerprint density at radius 3 is 2.58 bits per heavy atom. The number of aromatic nitrogens is 2. The highest BCUT2D eigenvalue weighted by Crippen LogP contribution is 2.20. The van der Waals surface area contributed by atoms with E-state index in [1.807, 2.05) is 13.8 Å². The van der Waals surface area contributed by atoms with Crippen LogP contribution in [0.4, 0.5) is 19.0 Å². The van der Waals surface area contributed by atoms with Gasteiger partial charge >= 0.3 is 6.18 Å². The highest BCUT2D eigenvalue weighted by atomic mass is 19.4. The molecule has 7 heteroatoms. The van der Waals surface area contributed by atoms with E-state index in [0.717, 1.165) is 13.0 Å². The molecule has 0 amide bonds. The summed E-state index contributed by atoms with van der Waals surface area (Å²) in [6.45, 7) is 4.19. The van der Waals surface area contributed by atoms with Gasteiger partial charge in [0.2, 0.25) is 5.88 Å². The van der Waals surface area contributed by atoms with Crippen molar-refractivity contribution in [2.45, 2.75) is 39.3 Å². The van der Waals surface area contributed by atoms with Gasteiger partial charge in [-0.3, -0.25) is 0 Å². The summed E-state index contributed by atoms with van der Waals surface area (Å²) in [6.07, 6.45) is -3.69. The monoisotopic (exact) mass is 277 g/mol. The molecule has 0 saturated carbocycles. The predicted octanol–water partition coefficient (Wildman–Crippen LogP) is 3.19. The summed E-state index contributed by atoms with van der Waals surface area (Å²) in [5.74, 6) is 1.30. The summed E-state index contributed by atoms with van der Waals surface area (Å²) in [5, 5.41) is 3.06. The third kappa shape index (κ3) is 6.26. The Labute approximate surface area is 110 Å². The number of hydrogen-bond acceptors (Lipinski definition) is 4. The van der Waals surface area contributed by atoms with Crippen molar-refractivity contribution in [1.82, 2.24) is 9.97 Å². The van der Waals surface area contributed by atoms with Crippen LogP contribution in [0.3, 0.4) is 0 Å². The number of alkyl halides is 3. The van der Waals surface area contributed by atoms with Crippen molar-refractivity contribution in [3.05, 3.63) is 11.9 Å². The SMILES string of the molecule is CCCNc1cc(OCCC(F)(F)F)nc(CC)n1. The Kier molecular flexibility index (Phi) is 5.85. The van der Waals surface area contributed by atoms with Gasteiger partial charge in [0.1, 0.15) is 11.6 Å². The van der Waals surface area contributed by atoms with Gasteiger partial charge in [0.15, 0.2) is 0 Å². The Hall–Kier alpha value is -1.53. The fourth-order valence-corrected chi connectivity index (χ4v) is 1.32. The molecular formula is C12H18F3N3O. The minimum Gasteiger partial charge on any atom is -0.477 e. The van der Waals surface area contributed by atoms with Crippen molar-refractivity contribution in [1.29, 1.82) is 0 Å². The van der Waals surface area contributed by atoms with E-state index >= 15 is 0 Å². The lowest BCUT2D eigenvalue weighted by Gasteiger charge is -2.11. The molecule has 0 unspecified atom stereocenters. The van der Waals surface area contributed by atoms with Crippen LogP contribution in [-0.4, -0.2) is 29.3 Å². The van der Waals surface area contributed by atoms with Crippen molar-refractivity contribution in [3.63, 3.8) is 0 Å². The highest BCUT2D eigenvalue weighted by molar-refractivity contribution is 5.38. The maximum atomic E-state index is 12.0. The number of rotatable bonds is 7. The fraction of sp³-hybridized carbons (Fsp3) is 0.667. The number of aryl methyl sites for hydroxylation is 1. The number of anilines is 1. The molecule has 0 atom stereocenters. The lowest BCUT2D eigenvalue weighted by molar-refractivity contribution is -0.139. The van der Waals surface area contributed by atoms with Gasteiger partial charge in [0.25, 0.3) is 0 Å². The first kappa shape index (κ1) is 15.5. The summed E-state index contributed by atoms with van der Waals surface area (Å²) in [6, 6.07) is 1.52. The van der Waals surface area contributed by atoms with Crippen molar-refractivity contribution in [2.24, 2.45) is 0 Å². The van der Waals surface area contributed by atoms with Gasteiger partial charge in [0, 0.05) is 19.0 Å². The minimum absolute atomic E-state index is 0.176. The lowest BCUT2D eigenvalue weighted by Crippen LogP contribution is -2.14. The predicted molar refractivity (Wildman–Crippen MR) is 66.4 cm³/mol. The maximum Gasteiger partial charge on any atom is 0.392 e. The van der Waals surface area contributed by atoms with Gasteiger partial charge in [-0.25, -0.2) is 4.98 Å². The van der Waals surface area contributed by atoms with E-state index in [-0.39, 0.29) is 5.88 Å². The molecule has 0 spiro atoms. The van der Waals surface area contributed by atoms with Gasteiger partial charge < -0.3 is 10.1 Å². The summed E-state index contributed by atoms with van der Waals surface area (Å²) in [5.41, 5.74) is 0. The Bertz CT molecular complexity index is 396. The van der Waals surface area contributed by atoms with Crippen LogP contribution in [0.2, 0.25) is 0 Å². The number of ether oxygens (including phenoxy) is 1. The second kappa shape index (κ2) is 7.16. The smallest absolute Gasteiger partial charge is 0.392 e. The second-order valence-corrected chi connectivity index (χ2v) is 4.00. The molecule has 0 saturated heterocycles. The molecule has 0 aliphatic rings. The van der Waals surface area contributed by atoms with Gasteiger partial charge in [-0.05, 0) is 6.42 Å². The zero-order chi connectivity index (χ0) is 14.3. The van der Waals surface area contributed by atoms with E-state index in [1.165, 1.54) is 6.07 Å². The number of hydrogen-bond donors (Lipinski definition) is 1. The van der Waals surface area contributed by atoms with Crippen molar-refractivity contribution in [2.75, 3.05) is 18.5 Å². The molecule has 0 aromatic carbocycles. The summed E-state index contributed by atoms with van der Waals surface area (Å²) < 4.78 is 41.1. The molecule has 1 rings (SSSR count). The molecule has 1 aromatic heterocycles. The average Bonchev–Trinajstić information content (AvgIpc) is 2.34. The number of halogens is 3. The molecule has 1 heterocycles. The Morgan fingerprint density at radius 2 is 2.00 bits per heavy atom. The van der Waals surface area contributed by atoms with Crippen LogP contribution in [-0.2, 0) is 6.42 Å². The maximum absolute atomic E-state index is 12.0. The van der Waals surface area contributed by atoms with E-state index in [0.29, 0.717) is 18.1 Å². The van der Waals surface area contributed by atoms with Crippen LogP contribution in [0, 0.1) is 0 Å². The van der Waals surface area contributed by atoms with E-state index in [2.05, 4.69) is 15.3 Å². The third-order valence-corrected chi connectivity index (χ3v) is 2.26. The van der Waals surface area contributed by atoms with Crippen LogP contribution in [0.15, 0.2) is 6.07 Å². The van der Waals surface area contributed by atoms with E-state index in [9.17, 15) is 13.2 Å². The largest absolute Gasteiger partial charge is 0.477 e. The molecule has 0 bridgehead atoms. The molecule has 0 aliphatic heterocycles. The van der Waals surface area contributed by atoms with Crippen LogP contribution < -0.4 is 10.1 Å². The first-order valence-corrected chi connectivity index (χ1v) is 6.26. The van der Waals surface area contributed by atoms with Crippen molar-refractivity contribution in [3.8, 4) is 5.88 Å². The molecule has 108 valence electrons.